The minimum absolute atomic E-state index is 0.0164. The number of halogens is 2. The topological polar surface area (TPSA) is 29.1 Å². The molecule has 0 unspecified atom stereocenters. The largest absolute Gasteiger partial charge is 0.351 e. The zero-order chi connectivity index (χ0) is 11.6. The van der Waals surface area contributed by atoms with Crippen molar-refractivity contribution in [1.29, 1.82) is 0 Å². The molecule has 1 aliphatic carbocycles. The summed E-state index contributed by atoms with van der Waals surface area (Å²) in [6, 6.07) is 1.89. The van der Waals surface area contributed by atoms with E-state index in [-0.39, 0.29) is 5.91 Å². The Balaban J connectivity index is 1.87. The van der Waals surface area contributed by atoms with E-state index in [1.54, 1.807) is 0 Å². The van der Waals surface area contributed by atoms with E-state index in [0.717, 1.165) is 22.3 Å². The highest BCUT2D eigenvalue weighted by Gasteiger charge is 2.41. The molecule has 0 radical (unpaired) electrons. The molecule has 5 heteroatoms. The van der Waals surface area contributed by atoms with Crippen LogP contribution < -0.4 is 5.32 Å². The van der Waals surface area contributed by atoms with Crippen LogP contribution in [0.3, 0.4) is 0 Å². The Hall–Kier alpha value is -0.0600. The predicted octanol–water partition coefficient (Wildman–Crippen LogP) is 3.65. The quantitative estimate of drug-likeness (QED) is 0.824. The number of alkyl halides is 1. The molecular formula is C11H13BrClNOS. The fraction of sp³-hybridized carbons (Fsp3) is 0.545. The van der Waals surface area contributed by atoms with Crippen LogP contribution in [0.5, 0.6) is 0 Å². The van der Waals surface area contributed by atoms with Gasteiger partial charge < -0.3 is 5.32 Å². The molecule has 0 atom stereocenters. The molecule has 1 saturated carbocycles. The summed E-state index contributed by atoms with van der Waals surface area (Å²) >= 11 is 10.6. The molecule has 0 aliphatic heterocycles. The van der Waals surface area contributed by atoms with E-state index in [0.29, 0.717) is 11.3 Å². The second kappa shape index (κ2) is 5.07. The highest BCUT2D eigenvalue weighted by molar-refractivity contribution is 9.10. The normalized spacial score (nSPS) is 17.1. The van der Waals surface area contributed by atoms with Gasteiger partial charge in [-0.05, 0) is 52.1 Å². The van der Waals surface area contributed by atoms with E-state index in [4.69, 9.17) is 11.6 Å². The summed E-state index contributed by atoms with van der Waals surface area (Å²) in [7, 11) is 0. The number of thiophene rings is 1. The summed E-state index contributed by atoms with van der Waals surface area (Å²) in [4.78, 5) is 12.6. The number of amides is 1. The Morgan fingerprint density at radius 3 is 2.88 bits per heavy atom. The van der Waals surface area contributed by atoms with E-state index in [2.05, 4.69) is 21.2 Å². The molecule has 0 bridgehead atoms. The van der Waals surface area contributed by atoms with Crippen LogP contribution in [0.15, 0.2) is 15.9 Å². The van der Waals surface area contributed by atoms with Gasteiger partial charge in [0.05, 0.1) is 0 Å². The van der Waals surface area contributed by atoms with Crippen molar-refractivity contribution in [1.82, 2.24) is 5.32 Å². The van der Waals surface area contributed by atoms with Crippen molar-refractivity contribution in [2.24, 2.45) is 5.41 Å². The van der Waals surface area contributed by atoms with Crippen molar-refractivity contribution in [3.8, 4) is 0 Å². The smallest absolute Gasteiger partial charge is 0.262 e. The third-order valence-electron chi connectivity index (χ3n) is 3.03. The SMILES string of the molecule is O=C(NCC1(CCCl)CC1)c1sccc1Br. The first-order chi connectivity index (χ1) is 7.67. The number of rotatable bonds is 5. The van der Waals surface area contributed by atoms with Crippen LogP contribution in [0.2, 0.25) is 0 Å². The molecule has 0 aromatic carbocycles. The lowest BCUT2D eigenvalue weighted by molar-refractivity contribution is 0.0948. The minimum atomic E-state index is 0.0164. The van der Waals surface area contributed by atoms with Crippen molar-refractivity contribution >= 4 is 44.8 Å². The molecular weight excluding hydrogens is 310 g/mol. The standard InChI is InChI=1S/C11H13BrClNOS/c12-8-1-6-16-9(8)10(15)14-7-11(2-3-11)4-5-13/h1,6H,2-5,7H2,(H,14,15). The number of hydrogen-bond donors (Lipinski definition) is 1. The Labute approximate surface area is 113 Å². The van der Waals surface area contributed by atoms with Gasteiger partial charge in [-0.3, -0.25) is 4.79 Å². The Bertz CT molecular complexity index is 389. The van der Waals surface area contributed by atoms with Gasteiger partial charge in [-0.15, -0.1) is 22.9 Å². The first-order valence-electron chi connectivity index (χ1n) is 5.24. The lowest BCUT2D eigenvalue weighted by Gasteiger charge is -2.13. The summed E-state index contributed by atoms with van der Waals surface area (Å²) < 4.78 is 0.872. The highest BCUT2D eigenvalue weighted by Crippen LogP contribution is 2.48. The lowest BCUT2D eigenvalue weighted by Crippen LogP contribution is -2.30. The van der Waals surface area contributed by atoms with Crippen molar-refractivity contribution < 1.29 is 4.79 Å². The van der Waals surface area contributed by atoms with Gasteiger partial charge in [-0.1, -0.05) is 0 Å². The van der Waals surface area contributed by atoms with Crippen LogP contribution in [-0.4, -0.2) is 18.3 Å². The molecule has 88 valence electrons. The van der Waals surface area contributed by atoms with E-state index in [1.807, 2.05) is 11.4 Å². The van der Waals surface area contributed by atoms with Gasteiger partial charge in [0.25, 0.3) is 5.91 Å². The lowest BCUT2D eigenvalue weighted by atomic mass is 10.0. The summed E-state index contributed by atoms with van der Waals surface area (Å²) in [6.07, 6.45) is 3.37. The molecule has 2 rings (SSSR count). The molecule has 0 saturated heterocycles. The summed E-state index contributed by atoms with van der Waals surface area (Å²) in [6.45, 7) is 0.753. The van der Waals surface area contributed by atoms with Crippen LogP contribution in [0, 0.1) is 5.41 Å². The van der Waals surface area contributed by atoms with Gasteiger partial charge in [0.2, 0.25) is 0 Å². The molecule has 1 heterocycles. The maximum Gasteiger partial charge on any atom is 0.262 e. The molecule has 1 aromatic heterocycles. The van der Waals surface area contributed by atoms with Crippen LogP contribution in [0.4, 0.5) is 0 Å². The summed E-state index contributed by atoms with van der Waals surface area (Å²) in [5, 5.41) is 4.90. The second-order valence-electron chi connectivity index (χ2n) is 4.22. The Morgan fingerprint density at radius 1 is 1.62 bits per heavy atom. The van der Waals surface area contributed by atoms with E-state index < -0.39 is 0 Å². The zero-order valence-corrected chi connectivity index (χ0v) is 11.9. The average Bonchev–Trinajstić information content (AvgIpc) is 2.89. The van der Waals surface area contributed by atoms with Gasteiger partial charge in [0, 0.05) is 16.9 Å². The maximum atomic E-state index is 11.8. The number of hydrogen-bond acceptors (Lipinski definition) is 2. The molecule has 1 aromatic rings. The van der Waals surface area contributed by atoms with Crippen molar-refractivity contribution in [2.45, 2.75) is 19.3 Å². The van der Waals surface area contributed by atoms with Gasteiger partial charge in [-0.25, -0.2) is 0 Å². The van der Waals surface area contributed by atoms with Crippen molar-refractivity contribution in [3.05, 3.63) is 20.8 Å². The molecule has 16 heavy (non-hydrogen) atoms. The third-order valence-corrected chi connectivity index (χ3v) is 5.05. The first-order valence-corrected chi connectivity index (χ1v) is 7.45. The highest BCUT2D eigenvalue weighted by atomic mass is 79.9. The zero-order valence-electron chi connectivity index (χ0n) is 8.76. The van der Waals surface area contributed by atoms with Crippen molar-refractivity contribution in [3.63, 3.8) is 0 Å². The predicted molar refractivity (Wildman–Crippen MR) is 71.4 cm³/mol. The second-order valence-corrected chi connectivity index (χ2v) is 6.37. The Morgan fingerprint density at radius 2 is 2.38 bits per heavy atom. The molecule has 1 amide bonds. The fourth-order valence-electron chi connectivity index (χ4n) is 1.70. The third kappa shape index (κ3) is 2.79. The maximum absolute atomic E-state index is 11.8. The molecule has 1 N–H and O–H groups in total. The Kier molecular flexibility index (Phi) is 3.93. The monoisotopic (exact) mass is 321 g/mol. The number of nitrogens with one attached hydrogen (secondary N) is 1. The molecule has 1 fully saturated rings. The first kappa shape index (κ1) is 12.4. The van der Waals surface area contributed by atoms with Gasteiger partial charge in [0.15, 0.2) is 0 Å². The van der Waals surface area contributed by atoms with Crippen LogP contribution in [-0.2, 0) is 0 Å². The van der Waals surface area contributed by atoms with Crippen LogP contribution in [0.25, 0.3) is 0 Å². The average molecular weight is 323 g/mol. The summed E-state index contributed by atoms with van der Waals surface area (Å²) in [5.74, 6) is 0.696. The van der Waals surface area contributed by atoms with Gasteiger partial charge in [-0.2, -0.15) is 0 Å². The molecule has 1 aliphatic rings. The number of carbonyl (C=O) groups excluding carboxylic acids is 1. The van der Waals surface area contributed by atoms with Crippen LogP contribution in [0.1, 0.15) is 28.9 Å². The molecule has 0 spiro atoms. The van der Waals surface area contributed by atoms with Crippen molar-refractivity contribution in [2.75, 3.05) is 12.4 Å². The van der Waals surface area contributed by atoms with E-state index >= 15 is 0 Å². The van der Waals surface area contributed by atoms with Gasteiger partial charge in [0.1, 0.15) is 4.88 Å². The molecule has 2 nitrogen and oxygen atoms in total. The number of carbonyl (C=O) groups is 1. The fourth-order valence-corrected chi connectivity index (χ4v) is 3.56. The van der Waals surface area contributed by atoms with Crippen LogP contribution >= 0.6 is 38.9 Å². The summed E-state index contributed by atoms with van der Waals surface area (Å²) in [5.41, 5.74) is 0.293. The minimum Gasteiger partial charge on any atom is -0.351 e. The van der Waals surface area contributed by atoms with E-state index in [1.165, 1.54) is 24.2 Å². The van der Waals surface area contributed by atoms with E-state index in [9.17, 15) is 4.79 Å². The van der Waals surface area contributed by atoms with Gasteiger partial charge >= 0.3 is 0 Å².